The molecule has 0 spiro atoms. The molecule has 2 fully saturated rings. The van der Waals surface area contributed by atoms with Crippen LogP contribution < -0.4 is 9.47 Å². The third-order valence-corrected chi connectivity index (χ3v) is 5.22. The first-order valence-corrected chi connectivity index (χ1v) is 8.97. The molecule has 128 valence electrons. The average molecular weight is 324 g/mol. The molecule has 0 aliphatic heterocycles. The highest BCUT2D eigenvalue weighted by molar-refractivity contribution is 5.35. The Bertz CT molecular complexity index is 506. The molecule has 0 saturated heterocycles. The molecule has 2 saturated carbocycles. The zero-order valence-electron chi connectivity index (χ0n) is 13.7. The number of benzene rings is 1. The lowest BCUT2D eigenvalue weighted by Crippen LogP contribution is -2.10. The van der Waals surface area contributed by atoms with E-state index >= 15 is 0 Å². The van der Waals surface area contributed by atoms with Crippen molar-refractivity contribution < 1.29 is 18.3 Å². The van der Waals surface area contributed by atoms with Gasteiger partial charge in [0.15, 0.2) is 11.5 Å². The highest BCUT2D eigenvalue weighted by Gasteiger charge is 2.20. The van der Waals surface area contributed by atoms with E-state index in [1.54, 1.807) is 0 Å². The Morgan fingerprint density at radius 3 is 1.91 bits per heavy atom. The predicted molar refractivity (Wildman–Crippen MR) is 85.9 cm³/mol. The summed E-state index contributed by atoms with van der Waals surface area (Å²) in [6, 6.07) is 2.97. The van der Waals surface area contributed by atoms with Crippen LogP contribution in [-0.4, -0.2) is 13.2 Å². The van der Waals surface area contributed by atoms with Gasteiger partial charge in [0.25, 0.3) is 0 Å². The first-order chi connectivity index (χ1) is 11.2. The molecule has 0 unspecified atom stereocenters. The second kappa shape index (κ2) is 7.98. The minimum absolute atomic E-state index is 0.00228. The Kier molecular flexibility index (Phi) is 5.74. The van der Waals surface area contributed by atoms with Gasteiger partial charge in [-0.1, -0.05) is 38.5 Å². The quantitative estimate of drug-likeness (QED) is 0.660. The van der Waals surface area contributed by atoms with Gasteiger partial charge >= 0.3 is 0 Å². The lowest BCUT2D eigenvalue weighted by atomic mass is 10.1. The molecule has 0 N–H and O–H groups in total. The molecule has 0 heterocycles. The van der Waals surface area contributed by atoms with E-state index in [1.807, 2.05) is 0 Å². The molecule has 1 aromatic rings. The van der Waals surface area contributed by atoms with E-state index < -0.39 is 11.6 Å². The van der Waals surface area contributed by atoms with Gasteiger partial charge in [0.1, 0.15) is 0 Å². The van der Waals surface area contributed by atoms with E-state index in [1.165, 1.54) is 50.7 Å². The van der Waals surface area contributed by atoms with Crippen molar-refractivity contribution in [2.75, 3.05) is 13.2 Å². The Labute approximate surface area is 137 Å². The molecule has 2 nitrogen and oxygen atoms in total. The van der Waals surface area contributed by atoms with Gasteiger partial charge < -0.3 is 9.47 Å². The first kappa shape index (κ1) is 16.5. The number of ether oxygens (including phenoxy) is 2. The molecule has 1 aromatic carbocycles. The molecule has 23 heavy (non-hydrogen) atoms. The Morgan fingerprint density at radius 1 is 0.783 bits per heavy atom. The van der Waals surface area contributed by atoms with Crippen LogP contribution in [0.5, 0.6) is 11.5 Å². The molecule has 4 heteroatoms. The fraction of sp³-hybridized carbons (Fsp3) is 0.684. The largest absolute Gasteiger partial charge is 0.490 e. The van der Waals surface area contributed by atoms with Crippen molar-refractivity contribution in [1.82, 2.24) is 0 Å². The summed E-state index contributed by atoms with van der Waals surface area (Å²) in [5.74, 6) is -0.718. The summed E-state index contributed by atoms with van der Waals surface area (Å²) < 4.78 is 39.1. The van der Waals surface area contributed by atoms with E-state index in [2.05, 4.69) is 0 Å². The van der Waals surface area contributed by atoms with Gasteiger partial charge in [-0.25, -0.2) is 0 Å². The van der Waals surface area contributed by atoms with Gasteiger partial charge in [0.05, 0.1) is 13.2 Å². The number of rotatable bonds is 7. The van der Waals surface area contributed by atoms with Crippen molar-refractivity contribution in [3.8, 4) is 11.5 Å². The standard InChI is InChI=1S/C19H26F2O2/c20-18-16(22-12-11-14-5-1-2-6-14)9-10-17(19(18)21)23-13-15-7-3-4-8-15/h9-10,14-15H,1-8,11-13H2. The van der Waals surface area contributed by atoms with Gasteiger partial charge in [0, 0.05) is 0 Å². The summed E-state index contributed by atoms with van der Waals surface area (Å²) in [6.07, 6.45) is 10.6. The Hall–Kier alpha value is -1.32. The van der Waals surface area contributed by atoms with Gasteiger partial charge in [-0.05, 0) is 43.2 Å². The molecular formula is C19H26F2O2. The summed E-state index contributed by atoms with van der Waals surface area (Å²) in [7, 11) is 0. The second-order valence-electron chi connectivity index (χ2n) is 6.94. The molecule has 0 atom stereocenters. The predicted octanol–water partition coefficient (Wildman–Crippen LogP) is 5.49. The third kappa shape index (κ3) is 4.36. The van der Waals surface area contributed by atoms with Gasteiger partial charge in [-0.3, -0.25) is 0 Å². The summed E-state index contributed by atoms with van der Waals surface area (Å²) in [5.41, 5.74) is 0. The molecular weight excluding hydrogens is 298 g/mol. The molecule has 0 bridgehead atoms. The van der Waals surface area contributed by atoms with Crippen LogP contribution in [0.3, 0.4) is 0 Å². The Morgan fingerprint density at radius 2 is 1.30 bits per heavy atom. The number of hydrogen-bond acceptors (Lipinski definition) is 2. The van der Waals surface area contributed by atoms with Crippen LogP contribution in [0.15, 0.2) is 12.1 Å². The first-order valence-electron chi connectivity index (χ1n) is 8.97. The van der Waals surface area contributed by atoms with Crippen LogP contribution in [0.4, 0.5) is 8.78 Å². The van der Waals surface area contributed by atoms with Gasteiger partial charge in [0.2, 0.25) is 11.6 Å². The normalized spacial score (nSPS) is 19.4. The van der Waals surface area contributed by atoms with Crippen molar-refractivity contribution in [3.05, 3.63) is 23.8 Å². The molecule has 0 radical (unpaired) electrons. The molecule has 0 amide bonds. The summed E-state index contributed by atoms with van der Waals surface area (Å²) in [5, 5.41) is 0. The zero-order chi connectivity index (χ0) is 16.1. The summed E-state index contributed by atoms with van der Waals surface area (Å²) >= 11 is 0. The topological polar surface area (TPSA) is 18.5 Å². The average Bonchev–Trinajstić information content (AvgIpc) is 3.24. The maximum absolute atomic E-state index is 14.1. The smallest absolute Gasteiger partial charge is 0.204 e. The third-order valence-electron chi connectivity index (χ3n) is 5.22. The molecule has 2 aliphatic carbocycles. The number of hydrogen-bond donors (Lipinski definition) is 0. The van der Waals surface area contributed by atoms with E-state index in [0.717, 1.165) is 19.3 Å². The minimum Gasteiger partial charge on any atom is -0.490 e. The maximum Gasteiger partial charge on any atom is 0.204 e. The maximum atomic E-state index is 14.1. The highest BCUT2D eigenvalue weighted by atomic mass is 19.2. The van der Waals surface area contributed by atoms with Gasteiger partial charge in [-0.2, -0.15) is 8.78 Å². The van der Waals surface area contributed by atoms with Gasteiger partial charge in [-0.15, -0.1) is 0 Å². The monoisotopic (exact) mass is 324 g/mol. The Balaban J connectivity index is 1.51. The lowest BCUT2D eigenvalue weighted by molar-refractivity contribution is 0.232. The summed E-state index contributed by atoms with van der Waals surface area (Å²) in [4.78, 5) is 0. The zero-order valence-corrected chi connectivity index (χ0v) is 13.7. The van der Waals surface area contributed by atoms with E-state index in [-0.39, 0.29) is 11.5 Å². The van der Waals surface area contributed by atoms with Crippen LogP contribution in [0.2, 0.25) is 0 Å². The van der Waals surface area contributed by atoms with Crippen molar-refractivity contribution in [3.63, 3.8) is 0 Å². The fourth-order valence-electron chi connectivity index (χ4n) is 3.76. The van der Waals surface area contributed by atoms with E-state index in [9.17, 15) is 8.78 Å². The van der Waals surface area contributed by atoms with Crippen molar-refractivity contribution >= 4 is 0 Å². The van der Waals surface area contributed by atoms with Crippen LogP contribution in [0, 0.1) is 23.5 Å². The molecule has 0 aromatic heterocycles. The fourth-order valence-corrected chi connectivity index (χ4v) is 3.76. The summed E-state index contributed by atoms with van der Waals surface area (Å²) in [6.45, 7) is 0.918. The highest BCUT2D eigenvalue weighted by Crippen LogP contribution is 2.31. The number of halogens is 2. The molecule has 3 rings (SSSR count). The van der Waals surface area contributed by atoms with Crippen LogP contribution in [0.25, 0.3) is 0 Å². The van der Waals surface area contributed by atoms with E-state index in [4.69, 9.17) is 9.47 Å². The van der Waals surface area contributed by atoms with Crippen molar-refractivity contribution in [2.24, 2.45) is 11.8 Å². The van der Waals surface area contributed by atoms with E-state index in [0.29, 0.717) is 25.0 Å². The minimum atomic E-state index is -0.930. The van der Waals surface area contributed by atoms with Crippen LogP contribution in [-0.2, 0) is 0 Å². The van der Waals surface area contributed by atoms with Crippen molar-refractivity contribution in [1.29, 1.82) is 0 Å². The van der Waals surface area contributed by atoms with Crippen LogP contribution in [0.1, 0.15) is 57.8 Å². The van der Waals surface area contributed by atoms with Crippen LogP contribution >= 0.6 is 0 Å². The second-order valence-corrected chi connectivity index (χ2v) is 6.94. The lowest BCUT2D eigenvalue weighted by Gasteiger charge is -2.14. The SMILES string of the molecule is Fc1c(OCCC2CCCC2)ccc(OCC2CCCC2)c1F. The van der Waals surface area contributed by atoms with Crippen molar-refractivity contribution in [2.45, 2.75) is 57.8 Å². The molecule has 2 aliphatic rings.